The molecule has 0 aliphatic carbocycles. The number of amides is 1. The zero-order valence-corrected chi connectivity index (χ0v) is 19.7. The van der Waals surface area contributed by atoms with Crippen LogP contribution in [0.4, 0.5) is 5.69 Å². The average molecular weight is 507 g/mol. The summed E-state index contributed by atoms with van der Waals surface area (Å²) in [6, 6.07) is 18.1. The number of nitrogens with zero attached hydrogens (tertiary/aromatic N) is 1. The standard InChI is InChI=1S/C23H20Cl2N2O5S/c24-19-8-6-17(12-20(19)25)26-23(28)15-27(14-16-4-2-1-3-5-16)33(29,30)18-7-9-21-22(13-18)32-11-10-31-21/h1-9,12-13H,10-11,14-15H2,(H,26,28). The Morgan fingerprint density at radius 2 is 1.64 bits per heavy atom. The Morgan fingerprint density at radius 3 is 2.36 bits per heavy atom. The number of anilines is 1. The van der Waals surface area contributed by atoms with Crippen molar-refractivity contribution in [2.24, 2.45) is 0 Å². The predicted octanol–water partition coefficient (Wildman–Crippen LogP) is 4.59. The minimum atomic E-state index is -4.05. The van der Waals surface area contributed by atoms with Crippen LogP contribution in [-0.2, 0) is 21.4 Å². The van der Waals surface area contributed by atoms with Gasteiger partial charge in [0.15, 0.2) is 11.5 Å². The maximum atomic E-state index is 13.5. The van der Waals surface area contributed by atoms with Crippen LogP contribution in [0.25, 0.3) is 0 Å². The Hall–Kier alpha value is -2.78. The van der Waals surface area contributed by atoms with E-state index in [-0.39, 0.29) is 16.5 Å². The fourth-order valence-electron chi connectivity index (χ4n) is 3.28. The summed E-state index contributed by atoms with van der Waals surface area (Å²) < 4.78 is 39.2. The summed E-state index contributed by atoms with van der Waals surface area (Å²) in [5.74, 6) is 0.305. The van der Waals surface area contributed by atoms with Gasteiger partial charge in [-0.25, -0.2) is 8.42 Å². The smallest absolute Gasteiger partial charge is 0.243 e. The number of carbonyl (C=O) groups is 1. The van der Waals surface area contributed by atoms with E-state index in [1.54, 1.807) is 42.5 Å². The molecule has 0 aromatic heterocycles. The fourth-order valence-corrected chi connectivity index (χ4v) is 4.98. The summed E-state index contributed by atoms with van der Waals surface area (Å²) in [7, 11) is -4.05. The number of rotatable bonds is 7. The van der Waals surface area contributed by atoms with E-state index in [9.17, 15) is 13.2 Å². The molecule has 172 valence electrons. The van der Waals surface area contributed by atoms with Gasteiger partial charge in [0.25, 0.3) is 0 Å². The lowest BCUT2D eigenvalue weighted by molar-refractivity contribution is -0.116. The molecule has 33 heavy (non-hydrogen) atoms. The van der Waals surface area contributed by atoms with Crippen LogP contribution in [0.15, 0.2) is 71.6 Å². The zero-order chi connectivity index (χ0) is 23.4. The van der Waals surface area contributed by atoms with Gasteiger partial charge >= 0.3 is 0 Å². The SMILES string of the molecule is O=C(CN(Cc1ccccc1)S(=O)(=O)c1ccc2c(c1)OCCO2)Nc1ccc(Cl)c(Cl)c1. The van der Waals surface area contributed by atoms with Crippen molar-refractivity contribution in [1.82, 2.24) is 4.31 Å². The third-order valence-corrected chi connectivity index (χ3v) is 7.40. The lowest BCUT2D eigenvalue weighted by Crippen LogP contribution is -2.37. The Bertz CT molecular complexity index is 1270. The van der Waals surface area contributed by atoms with Crippen LogP contribution < -0.4 is 14.8 Å². The Labute approximate surface area is 201 Å². The van der Waals surface area contributed by atoms with Crippen LogP contribution in [0.3, 0.4) is 0 Å². The first-order valence-corrected chi connectivity index (χ1v) is 12.2. The second kappa shape index (κ2) is 10.0. The summed E-state index contributed by atoms with van der Waals surface area (Å²) in [5, 5.41) is 3.29. The molecule has 0 spiro atoms. The molecule has 1 heterocycles. The topological polar surface area (TPSA) is 84.9 Å². The van der Waals surface area contributed by atoms with Crippen LogP contribution >= 0.6 is 23.2 Å². The highest BCUT2D eigenvalue weighted by Crippen LogP contribution is 2.33. The van der Waals surface area contributed by atoms with Crippen molar-refractivity contribution in [3.8, 4) is 11.5 Å². The summed E-state index contributed by atoms with van der Waals surface area (Å²) in [6.45, 7) is 0.322. The van der Waals surface area contributed by atoms with Crippen LogP contribution in [0, 0.1) is 0 Å². The Balaban J connectivity index is 1.61. The molecular weight excluding hydrogens is 487 g/mol. The van der Waals surface area contributed by atoms with Crippen LogP contribution in [0.2, 0.25) is 10.0 Å². The second-order valence-corrected chi connectivity index (χ2v) is 9.99. The normalized spacial score (nSPS) is 13.1. The molecule has 3 aromatic carbocycles. The number of benzene rings is 3. The van der Waals surface area contributed by atoms with Crippen molar-refractivity contribution in [1.29, 1.82) is 0 Å². The molecule has 0 saturated heterocycles. The van der Waals surface area contributed by atoms with Gasteiger partial charge in [-0.2, -0.15) is 4.31 Å². The first-order valence-electron chi connectivity index (χ1n) is 10.0. The quantitative estimate of drug-likeness (QED) is 0.506. The highest BCUT2D eigenvalue weighted by molar-refractivity contribution is 7.89. The molecule has 7 nitrogen and oxygen atoms in total. The van der Waals surface area contributed by atoms with E-state index in [1.807, 2.05) is 6.07 Å². The molecule has 1 aliphatic rings. The average Bonchev–Trinajstić information content (AvgIpc) is 2.81. The number of hydrogen-bond donors (Lipinski definition) is 1. The van der Waals surface area contributed by atoms with Crippen molar-refractivity contribution in [3.05, 3.63) is 82.3 Å². The van der Waals surface area contributed by atoms with E-state index in [0.29, 0.717) is 35.4 Å². The molecule has 0 bridgehead atoms. The van der Waals surface area contributed by atoms with Crippen LogP contribution in [0.5, 0.6) is 11.5 Å². The van der Waals surface area contributed by atoms with Gasteiger partial charge in [-0.3, -0.25) is 4.79 Å². The van der Waals surface area contributed by atoms with Gasteiger partial charge in [-0.1, -0.05) is 53.5 Å². The van der Waals surface area contributed by atoms with Gasteiger partial charge in [0.1, 0.15) is 13.2 Å². The number of nitrogens with one attached hydrogen (secondary N) is 1. The highest BCUT2D eigenvalue weighted by atomic mass is 35.5. The van der Waals surface area contributed by atoms with Gasteiger partial charge in [0.05, 0.1) is 21.5 Å². The van der Waals surface area contributed by atoms with E-state index in [0.717, 1.165) is 9.87 Å². The van der Waals surface area contributed by atoms with Crippen molar-refractivity contribution in [2.75, 3.05) is 25.1 Å². The predicted molar refractivity (Wildman–Crippen MR) is 127 cm³/mol. The fraction of sp³-hybridized carbons (Fsp3) is 0.174. The molecule has 0 fully saturated rings. The van der Waals surface area contributed by atoms with E-state index >= 15 is 0 Å². The minimum Gasteiger partial charge on any atom is -0.486 e. The molecule has 1 aliphatic heterocycles. The first-order chi connectivity index (χ1) is 15.8. The maximum absolute atomic E-state index is 13.5. The third-order valence-electron chi connectivity index (χ3n) is 4.88. The summed E-state index contributed by atoms with van der Waals surface area (Å²) in [6.07, 6.45) is 0. The number of ether oxygens (including phenoxy) is 2. The highest BCUT2D eigenvalue weighted by Gasteiger charge is 2.28. The third kappa shape index (κ3) is 5.59. The van der Waals surface area contributed by atoms with Crippen LogP contribution in [0.1, 0.15) is 5.56 Å². The van der Waals surface area contributed by atoms with Gasteiger partial charge in [0.2, 0.25) is 15.9 Å². The maximum Gasteiger partial charge on any atom is 0.243 e. The summed E-state index contributed by atoms with van der Waals surface area (Å²) in [5.41, 5.74) is 1.15. The Kier molecular flexibility index (Phi) is 7.09. The van der Waals surface area contributed by atoms with Crippen molar-refractivity contribution in [2.45, 2.75) is 11.4 Å². The Morgan fingerprint density at radius 1 is 0.909 bits per heavy atom. The molecule has 0 atom stereocenters. The first kappa shape index (κ1) is 23.4. The minimum absolute atomic E-state index is 0.00465. The van der Waals surface area contributed by atoms with Gasteiger partial charge in [-0.05, 0) is 35.9 Å². The molecule has 0 saturated carbocycles. The zero-order valence-electron chi connectivity index (χ0n) is 17.3. The number of fused-ring (bicyclic) bond motifs is 1. The molecule has 10 heteroatoms. The lowest BCUT2D eigenvalue weighted by atomic mass is 10.2. The number of carbonyl (C=O) groups excluding carboxylic acids is 1. The lowest BCUT2D eigenvalue weighted by Gasteiger charge is -2.24. The van der Waals surface area contributed by atoms with Crippen LogP contribution in [-0.4, -0.2) is 38.4 Å². The van der Waals surface area contributed by atoms with E-state index < -0.39 is 22.5 Å². The number of sulfonamides is 1. The molecule has 1 amide bonds. The molecule has 0 radical (unpaired) electrons. The monoisotopic (exact) mass is 506 g/mol. The van der Waals surface area contributed by atoms with Gasteiger partial charge < -0.3 is 14.8 Å². The summed E-state index contributed by atoms with van der Waals surface area (Å²) in [4.78, 5) is 12.8. The van der Waals surface area contributed by atoms with Gasteiger partial charge in [0, 0.05) is 18.3 Å². The van der Waals surface area contributed by atoms with Crippen molar-refractivity contribution in [3.63, 3.8) is 0 Å². The summed E-state index contributed by atoms with van der Waals surface area (Å²) >= 11 is 11.9. The molecule has 0 unspecified atom stereocenters. The molecule has 1 N–H and O–H groups in total. The van der Waals surface area contributed by atoms with E-state index in [2.05, 4.69) is 5.32 Å². The number of halogens is 2. The molecular formula is C23H20Cl2N2O5S. The number of hydrogen-bond acceptors (Lipinski definition) is 5. The van der Waals surface area contributed by atoms with Crippen molar-refractivity contribution < 1.29 is 22.7 Å². The molecule has 4 rings (SSSR count). The van der Waals surface area contributed by atoms with E-state index in [1.165, 1.54) is 18.2 Å². The van der Waals surface area contributed by atoms with E-state index in [4.69, 9.17) is 32.7 Å². The van der Waals surface area contributed by atoms with Gasteiger partial charge in [-0.15, -0.1) is 0 Å². The second-order valence-electron chi connectivity index (χ2n) is 7.24. The molecule has 3 aromatic rings. The largest absolute Gasteiger partial charge is 0.486 e. The van der Waals surface area contributed by atoms with Crippen molar-refractivity contribution >= 4 is 44.8 Å².